The lowest BCUT2D eigenvalue weighted by molar-refractivity contribution is -0.123. The molecule has 0 aliphatic carbocycles. The van der Waals surface area contributed by atoms with Crippen LogP contribution in [0.2, 0.25) is 0 Å². The lowest BCUT2D eigenvalue weighted by Gasteiger charge is -2.26. The molecule has 2 saturated heterocycles. The van der Waals surface area contributed by atoms with Gasteiger partial charge in [-0.15, -0.1) is 0 Å². The van der Waals surface area contributed by atoms with Gasteiger partial charge in [0.05, 0.1) is 24.6 Å². The smallest absolute Gasteiger partial charge is 0.239 e. The molecule has 4 atom stereocenters. The van der Waals surface area contributed by atoms with Crippen molar-refractivity contribution >= 4 is 17.5 Å². The highest BCUT2D eigenvalue weighted by atomic mass is 16.5. The van der Waals surface area contributed by atoms with Gasteiger partial charge in [-0.05, 0) is 47.4 Å². The van der Waals surface area contributed by atoms with Crippen LogP contribution in [0, 0.1) is 11.8 Å². The number of methoxy groups -OCH3 is 1. The number of imide groups is 1. The summed E-state index contributed by atoms with van der Waals surface area (Å²) in [5.41, 5.74) is 4.29. The molecular weight excluding hydrogens is 400 g/mol. The van der Waals surface area contributed by atoms with Crippen molar-refractivity contribution in [3.05, 3.63) is 95.6 Å². The van der Waals surface area contributed by atoms with Crippen molar-refractivity contribution in [3.8, 4) is 5.75 Å². The van der Waals surface area contributed by atoms with Gasteiger partial charge in [-0.1, -0.05) is 54.6 Å². The fourth-order valence-electron chi connectivity index (χ4n) is 5.92. The first-order valence-electron chi connectivity index (χ1n) is 11.1. The average molecular weight is 425 g/mol. The predicted molar refractivity (Wildman–Crippen MR) is 121 cm³/mol. The lowest BCUT2D eigenvalue weighted by atomic mass is 9.77. The number of amides is 2. The van der Waals surface area contributed by atoms with E-state index in [0.717, 1.165) is 13.0 Å². The number of nitrogens with zero attached hydrogens (tertiary/aromatic N) is 2. The monoisotopic (exact) mass is 424 g/mol. The Hall–Kier alpha value is -3.44. The zero-order chi connectivity index (χ0) is 21.8. The first kappa shape index (κ1) is 19.3. The van der Waals surface area contributed by atoms with Crippen molar-refractivity contribution in [2.45, 2.75) is 18.5 Å². The average Bonchev–Trinajstić information content (AvgIpc) is 3.43. The summed E-state index contributed by atoms with van der Waals surface area (Å²) in [4.78, 5) is 31.0. The van der Waals surface area contributed by atoms with Crippen LogP contribution in [0.1, 0.15) is 28.8 Å². The molecule has 2 fully saturated rings. The molecule has 0 saturated carbocycles. The van der Waals surface area contributed by atoms with Crippen molar-refractivity contribution in [2.75, 3.05) is 18.6 Å². The minimum absolute atomic E-state index is 0.0513. The normalized spacial score (nSPS) is 25.8. The van der Waals surface area contributed by atoms with Crippen LogP contribution in [0.3, 0.4) is 0 Å². The Labute approximate surface area is 187 Å². The summed E-state index contributed by atoms with van der Waals surface area (Å²) in [6.07, 6.45) is 0.895. The zero-order valence-electron chi connectivity index (χ0n) is 17.8. The second-order valence-electron chi connectivity index (χ2n) is 8.75. The van der Waals surface area contributed by atoms with E-state index in [2.05, 4.69) is 41.3 Å². The molecule has 5 heteroatoms. The van der Waals surface area contributed by atoms with Gasteiger partial charge in [0, 0.05) is 18.6 Å². The van der Waals surface area contributed by atoms with Crippen molar-refractivity contribution in [1.82, 2.24) is 4.90 Å². The molecule has 0 radical (unpaired) electrons. The van der Waals surface area contributed by atoms with Crippen LogP contribution >= 0.6 is 0 Å². The molecule has 2 bridgehead atoms. The number of ether oxygens (including phenoxy) is 1. The quantitative estimate of drug-likeness (QED) is 0.578. The van der Waals surface area contributed by atoms with E-state index in [1.54, 1.807) is 31.4 Å². The summed E-state index contributed by atoms with van der Waals surface area (Å²) >= 11 is 0. The van der Waals surface area contributed by atoms with Crippen molar-refractivity contribution < 1.29 is 14.3 Å². The summed E-state index contributed by atoms with van der Waals surface area (Å²) in [6.45, 7) is 0.824. The molecule has 5 nitrogen and oxygen atoms in total. The van der Waals surface area contributed by atoms with Gasteiger partial charge in [-0.3, -0.25) is 14.5 Å². The number of rotatable bonds is 5. The number of anilines is 1. The number of benzene rings is 3. The molecule has 2 amide bonds. The number of carbonyl (C=O) groups is 2. The summed E-state index contributed by atoms with van der Waals surface area (Å²) in [5, 5.41) is 0. The molecule has 3 heterocycles. The largest absolute Gasteiger partial charge is 0.497 e. The third-order valence-corrected chi connectivity index (χ3v) is 7.26. The van der Waals surface area contributed by atoms with E-state index in [1.165, 1.54) is 21.6 Å². The maximum atomic E-state index is 13.6. The fourth-order valence-corrected chi connectivity index (χ4v) is 5.92. The molecule has 160 valence electrons. The molecule has 3 aliphatic heterocycles. The maximum Gasteiger partial charge on any atom is 0.239 e. The SMILES string of the molecule is COc1ccc(N2C(=O)[C@@H]3[C@H](C2=O)[C@@H]2c4ccccc4[C@H]3N2CCc2ccccc2)cc1. The predicted octanol–water partition coefficient (Wildman–Crippen LogP) is 4.16. The Bertz CT molecular complexity index is 1140. The van der Waals surface area contributed by atoms with Gasteiger partial charge in [0.25, 0.3) is 0 Å². The Morgan fingerprint density at radius 2 is 1.31 bits per heavy atom. The second kappa shape index (κ2) is 7.31. The summed E-state index contributed by atoms with van der Waals surface area (Å²) in [7, 11) is 1.60. The van der Waals surface area contributed by atoms with Gasteiger partial charge in [-0.25, -0.2) is 4.90 Å². The molecule has 0 aromatic heterocycles. The van der Waals surface area contributed by atoms with E-state index in [1.807, 2.05) is 18.2 Å². The van der Waals surface area contributed by atoms with E-state index in [0.29, 0.717) is 11.4 Å². The van der Waals surface area contributed by atoms with Crippen LogP contribution in [0.5, 0.6) is 5.75 Å². The van der Waals surface area contributed by atoms with Gasteiger partial charge in [0.1, 0.15) is 5.75 Å². The zero-order valence-corrected chi connectivity index (χ0v) is 17.8. The second-order valence-corrected chi connectivity index (χ2v) is 8.75. The molecular formula is C27H24N2O3. The molecule has 0 N–H and O–H groups in total. The highest BCUT2D eigenvalue weighted by molar-refractivity contribution is 6.23. The Morgan fingerprint density at radius 3 is 1.88 bits per heavy atom. The fraction of sp³-hybridized carbons (Fsp3) is 0.259. The van der Waals surface area contributed by atoms with E-state index >= 15 is 0 Å². The first-order valence-corrected chi connectivity index (χ1v) is 11.1. The maximum absolute atomic E-state index is 13.6. The van der Waals surface area contributed by atoms with Crippen molar-refractivity contribution in [1.29, 1.82) is 0 Å². The van der Waals surface area contributed by atoms with Gasteiger partial charge in [0.2, 0.25) is 11.8 Å². The van der Waals surface area contributed by atoms with Crippen molar-refractivity contribution in [3.63, 3.8) is 0 Å². The van der Waals surface area contributed by atoms with Crippen LogP contribution < -0.4 is 9.64 Å². The van der Waals surface area contributed by atoms with E-state index in [-0.39, 0.29) is 35.7 Å². The van der Waals surface area contributed by atoms with E-state index in [9.17, 15) is 9.59 Å². The number of hydrogen-bond donors (Lipinski definition) is 0. The van der Waals surface area contributed by atoms with E-state index < -0.39 is 0 Å². The summed E-state index contributed by atoms with van der Waals surface area (Å²) < 4.78 is 5.23. The molecule has 0 unspecified atom stereocenters. The molecule has 6 rings (SSSR count). The van der Waals surface area contributed by atoms with Crippen LogP contribution in [-0.4, -0.2) is 30.4 Å². The van der Waals surface area contributed by atoms with Crippen LogP contribution in [0.25, 0.3) is 0 Å². The number of hydrogen-bond acceptors (Lipinski definition) is 4. The van der Waals surface area contributed by atoms with Gasteiger partial charge < -0.3 is 4.74 Å². The Balaban J connectivity index is 1.35. The molecule has 3 aromatic carbocycles. The van der Waals surface area contributed by atoms with Crippen LogP contribution in [0.15, 0.2) is 78.9 Å². The minimum Gasteiger partial charge on any atom is -0.497 e. The first-order chi connectivity index (χ1) is 15.7. The summed E-state index contributed by atoms with van der Waals surface area (Å²) in [6, 6.07) is 25.8. The highest BCUT2D eigenvalue weighted by Gasteiger charge is 2.66. The van der Waals surface area contributed by atoms with Gasteiger partial charge in [-0.2, -0.15) is 0 Å². The minimum atomic E-state index is -0.333. The van der Waals surface area contributed by atoms with Crippen molar-refractivity contribution in [2.24, 2.45) is 11.8 Å². The standard InChI is InChI=1S/C27H24N2O3/c1-32-19-13-11-18(12-14-19)29-26(30)22-23(27(29)31)25-21-10-6-5-9-20(21)24(22)28(25)16-15-17-7-3-2-4-8-17/h2-14,22-25H,15-16H2,1H3/t22-,23+,24-,25+. The third-order valence-electron chi connectivity index (χ3n) is 7.26. The van der Waals surface area contributed by atoms with E-state index in [4.69, 9.17) is 4.74 Å². The number of fused-ring (bicyclic) bond motifs is 8. The third kappa shape index (κ3) is 2.67. The highest BCUT2D eigenvalue weighted by Crippen LogP contribution is 2.62. The molecule has 0 spiro atoms. The molecule has 32 heavy (non-hydrogen) atoms. The van der Waals surface area contributed by atoms with Gasteiger partial charge >= 0.3 is 0 Å². The topological polar surface area (TPSA) is 49.9 Å². The van der Waals surface area contributed by atoms with Gasteiger partial charge in [0.15, 0.2) is 0 Å². The van der Waals surface area contributed by atoms with Crippen LogP contribution in [-0.2, 0) is 16.0 Å². The Morgan fingerprint density at radius 1 is 0.750 bits per heavy atom. The molecule has 3 aromatic rings. The lowest BCUT2D eigenvalue weighted by Crippen LogP contribution is -2.36. The van der Waals surface area contributed by atoms with Crippen LogP contribution in [0.4, 0.5) is 5.69 Å². The Kier molecular flexibility index (Phi) is 4.40. The number of carbonyl (C=O) groups excluding carboxylic acids is 2. The summed E-state index contributed by atoms with van der Waals surface area (Å²) in [5.74, 6) is -0.137. The molecule has 3 aliphatic rings.